The lowest BCUT2D eigenvalue weighted by atomic mass is 10.0. The number of aromatic amines is 1. The minimum atomic E-state index is -4.74. The molecular weight excluding hydrogens is 495 g/mol. The molecule has 0 unspecified atom stereocenters. The highest BCUT2D eigenvalue weighted by Gasteiger charge is 2.34. The average Bonchev–Trinajstić information content (AvgIpc) is 3.24. The molecule has 0 radical (unpaired) electrons. The Labute approximate surface area is 196 Å². The van der Waals surface area contributed by atoms with E-state index in [1.165, 1.54) is 31.5 Å². The number of hydrogen-bond acceptors (Lipinski definition) is 6. The van der Waals surface area contributed by atoms with E-state index in [4.69, 9.17) is 11.6 Å². The highest BCUT2D eigenvalue weighted by Crippen LogP contribution is 2.34. The van der Waals surface area contributed by atoms with E-state index in [0.29, 0.717) is 22.7 Å². The van der Waals surface area contributed by atoms with Crippen molar-refractivity contribution in [3.8, 4) is 0 Å². The minimum absolute atomic E-state index is 0.0418. The number of hydrogen-bond donors (Lipinski definition) is 3. The molecule has 176 valence electrons. The summed E-state index contributed by atoms with van der Waals surface area (Å²) >= 11 is 6.01. The number of aryl methyl sites for hydroxylation is 1. The Morgan fingerprint density at radius 2 is 1.94 bits per heavy atom. The summed E-state index contributed by atoms with van der Waals surface area (Å²) in [6.45, 7) is 1.23. The zero-order valence-electron chi connectivity index (χ0n) is 17.2. The van der Waals surface area contributed by atoms with Gasteiger partial charge in [0.25, 0.3) is 10.0 Å². The van der Waals surface area contributed by atoms with Gasteiger partial charge in [0.15, 0.2) is 0 Å². The molecule has 0 aliphatic rings. The number of nitrogens with one attached hydrogen (secondary N) is 2. The lowest BCUT2D eigenvalue weighted by Crippen LogP contribution is -2.18. The Morgan fingerprint density at radius 3 is 2.65 bits per heavy atom. The molecule has 4 aromatic rings. The van der Waals surface area contributed by atoms with Gasteiger partial charge in [-0.3, -0.25) is 9.71 Å². The van der Waals surface area contributed by atoms with Crippen LogP contribution < -0.4 is 4.72 Å². The van der Waals surface area contributed by atoms with Crippen molar-refractivity contribution in [2.75, 3.05) is 4.72 Å². The van der Waals surface area contributed by atoms with Gasteiger partial charge in [0.2, 0.25) is 0 Å². The highest BCUT2D eigenvalue weighted by atomic mass is 35.5. The van der Waals surface area contributed by atoms with Crippen molar-refractivity contribution in [3.05, 3.63) is 82.4 Å². The van der Waals surface area contributed by atoms with E-state index in [-0.39, 0.29) is 27.7 Å². The quantitative estimate of drug-likeness (QED) is 0.199. The van der Waals surface area contributed by atoms with E-state index in [1.807, 2.05) is 0 Å². The van der Waals surface area contributed by atoms with Gasteiger partial charge in [-0.25, -0.2) is 13.4 Å². The first kappa shape index (κ1) is 23.5. The Bertz CT molecular complexity index is 1530. The first-order valence-electron chi connectivity index (χ1n) is 9.52. The summed E-state index contributed by atoms with van der Waals surface area (Å²) in [6, 6.07) is 7.08. The minimum Gasteiger partial charge on any atom is -0.410 e. The number of alkyl halides is 3. The van der Waals surface area contributed by atoms with Crippen molar-refractivity contribution in [1.29, 1.82) is 0 Å². The van der Waals surface area contributed by atoms with Gasteiger partial charge in [-0.1, -0.05) is 22.8 Å². The summed E-state index contributed by atoms with van der Waals surface area (Å²) in [5.41, 5.74) is -0.764. The molecule has 3 N–H and O–H groups in total. The Kier molecular flexibility index (Phi) is 5.96. The van der Waals surface area contributed by atoms with E-state index < -0.39 is 26.7 Å². The number of H-pyrrole nitrogens is 1. The van der Waals surface area contributed by atoms with Gasteiger partial charge in [-0.15, -0.1) is 0 Å². The van der Waals surface area contributed by atoms with Crippen molar-refractivity contribution in [2.24, 2.45) is 5.16 Å². The van der Waals surface area contributed by atoms with Crippen molar-refractivity contribution in [3.63, 3.8) is 0 Å². The zero-order chi connectivity index (χ0) is 24.7. The lowest BCUT2D eigenvalue weighted by Gasteiger charge is -2.15. The number of benzene rings is 1. The predicted octanol–water partition coefficient (Wildman–Crippen LogP) is 4.97. The van der Waals surface area contributed by atoms with Crippen molar-refractivity contribution < 1.29 is 26.8 Å². The van der Waals surface area contributed by atoms with Crippen LogP contribution in [0.1, 0.15) is 22.4 Å². The van der Waals surface area contributed by atoms with E-state index in [1.54, 1.807) is 12.3 Å². The molecule has 0 saturated heterocycles. The summed E-state index contributed by atoms with van der Waals surface area (Å²) < 4.78 is 68.1. The van der Waals surface area contributed by atoms with Crippen LogP contribution in [0.2, 0.25) is 5.02 Å². The number of oxime groups is 1. The fourth-order valence-corrected chi connectivity index (χ4v) is 4.62. The molecular formula is C21H15ClF3N5O3S. The van der Waals surface area contributed by atoms with Gasteiger partial charge in [-0.2, -0.15) is 13.2 Å². The molecule has 0 aliphatic carbocycles. The molecule has 3 heterocycles. The van der Waals surface area contributed by atoms with Gasteiger partial charge in [-0.05, 0) is 42.8 Å². The molecule has 0 aliphatic heterocycles. The van der Waals surface area contributed by atoms with Crippen LogP contribution >= 0.6 is 11.6 Å². The van der Waals surface area contributed by atoms with Crippen LogP contribution in [0, 0.1) is 6.92 Å². The summed E-state index contributed by atoms with van der Waals surface area (Å²) in [7, 11) is -4.51. The molecule has 0 bridgehead atoms. The van der Waals surface area contributed by atoms with Crippen LogP contribution in [0.25, 0.3) is 11.0 Å². The Hall–Kier alpha value is -3.64. The molecule has 1 aromatic carbocycles. The molecule has 0 fully saturated rings. The second-order valence-corrected chi connectivity index (χ2v) is 9.30. The van der Waals surface area contributed by atoms with E-state index >= 15 is 0 Å². The summed E-state index contributed by atoms with van der Waals surface area (Å²) in [5, 5.41) is 13.7. The third kappa shape index (κ3) is 4.41. The van der Waals surface area contributed by atoms with Gasteiger partial charge in [0, 0.05) is 29.5 Å². The number of sulfonamides is 1. The van der Waals surface area contributed by atoms with Crippen molar-refractivity contribution in [1.82, 2.24) is 15.0 Å². The first-order chi connectivity index (χ1) is 16.0. The maximum Gasteiger partial charge on any atom is 0.416 e. The van der Waals surface area contributed by atoms with E-state index in [2.05, 4.69) is 24.8 Å². The van der Waals surface area contributed by atoms with E-state index in [0.717, 1.165) is 12.1 Å². The number of fused-ring (bicyclic) bond motifs is 1. The number of pyridine rings is 2. The molecule has 0 atom stereocenters. The maximum absolute atomic E-state index is 13.3. The number of anilines is 1. The second kappa shape index (κ2) is 8.61. The third-order valence-electron chi connectivity index (χ3n) is 4.96. The molecule has 4 rings (SSSR count). The zero-order valence-corrected chi connectivity index (χ0v) is 18.8. The van der Waals surface area contributed by atoms with Crippen LogP contribution in [0.4, 0.5) is 18.9 Å². The smallest absolute Gasteiger partial charge is 0.410 e. The lowest BCUT2D eigenvalue weighted by molar-refractivity contribution is -0.138. The number of nitrogens with zero attached hydrogens (tertiary/aromatic N) is 3. The SMILES string of the molecule is Cc1ccc(S(=O)(=O)Nc2cc(Cl)cnc2/C(=N/O)c2ccnc3[nH]ccc23)cc1C(F)(F)F. The molecule has 34 heavy (non-hydrogen) atoms. The van der Waals surface area contributed by atoms with E-state index in [9.17, 15) is 26.8 Å². The van der Waals surface area contributed by atoms with Crippen LogP contribution in [0.15, 0.2) is 65.0 Å². The fraction of sp³-hybridized carbons (Fsp3) is 0.0952. The molecule has 3 aromatic heterocycles. The van der Waals surface area contributed by atoms with Crippen LogP contribution in [-0.4, -0.2) is 34.3 Å². The normalized spacial score (nSPS) is 12.8. The fourth-order valence-electron chi connectivity index (χ4n) is 3.38. The highest BCUT2D eigenvalue weighted by molar-refractivity contribution is 7.92. The molecule has 0 amide bonds. The largest absolute Gasteiger partial charge is 0.416 e. The standard InChI is InChI=1S/C21H15ClF3N5O3S/c1-11-2-3-13(9-16(11)21(23,24)25)34(32,33)30-17-8-12(22)10-28-19(17)18(29-31)14-4-6-26-20-15(14)5-7-27-20/h2-10,30-31H,1H3,(H,26,27)/b29-18+. The number of halogens is 4. The van der Waals surface area contributed by atoms with Gasteiger partial charge >= 0.3 is 6.18 Å². The van der Waals surface area contributed by atoms with Crippen molar-refractivity contribution in [2.45, 2.75) is 18.0 Å². The molecule has 8 nitrogen and oxygen atoms in total. The monoisotopic (exact) mass is 509 g/mol. The summed E-state index contributed by atoms with van der Waals surface area (Å²) in [4.78, 5) is 10.5. The molecule has 0 saturated carbocycles. The first-order valence-corrected chi connectivity index (χ1v) is 11.4. The van der Waals surface area contributed by atoms with Gasteiger partial charge in [0.05, 0.1) is 21.2 Å². The van der Waals surface area contributed by atoms with Gasteiger partial charge in [0.1, 0.15) is 17.1 Å². The summed E-state index contributed by atoms with van der Waals surface area (Å²) in [6.07, 6.45) is -0.462. The topological polar surface area (TPSA) is 120 Å². The summed E-state index contributed by atoms with van der Waals surface area (Å²) in [5.74, 6) is 0. The Morgan fingerprint density at radius 1 is 1.18 bits per heavy atom. The number of rotatable bonds is 5. The van der Waals surface area contributed by atoms with Crippen LogP contribution in [0.5, 0.6) is 0 Å². The number of aromatic nitrogens is 3. The average molecular weight is 510 g/mol. The van der Waals surface area contributed by atoms with Crippen LogP contribution in [0.3, 0.4) is 0 Å². The molecule has 0 spiro atoms. The second-order valence-electron chi connectivity index (χ2n) is 7.18. The third-order valence-corrected chi connectivity index (χ3v) is 6.53. The predicted molar refractivity (Wildman–Crippen MR) is 120 cm³/mol. The maximum atomic E-state index is 13.3. The van der Waals surface area contributed by atoms with Crippen LogP contribution in [-0.2, 0) is 16.2 Å². The molecule has 13 heteroatoms. The Balaban J connectivity index is 1.81. The van der Waals surface area contributed by atoms with Gasteiger partial charge < -0.3 is 10.2 Å². The van der Waals surface area contributed by atoms with Crippen molar-refractivity contribution >= 4 is 44.1 Å².